The lowest BCUT2D eigenvalue weighted by molar-refractivity contribution is -0.197. The van der Waals surface area contributed by atoms with E-state index in [-0.39, 0.29) is 37.0 Å². The molecule has 2 aliphatic rings. The van der Waals surface area contributed by atoms with Crippen molar-refractivity contribution in [2.45, 2.75) is 31.4 Å². The molecule has 0 spiro atoms. The van der Waals surface area contributed by atoms with Gasteiger partial charge in [-0.25, -0.2) is 4.79 Å². The number of hydrogen-bond donors (Lipinski definition) is 2. The average Bonchev–Trinajstić information content (AvgIpc) is 3.17. The zero-order valence-electron chi connectivity index (χ0n) is 15.8. The van der Waals surface area contributed by atoms with Crippen molar-refractivity contribution in [3.05, 3.63) is 33.7 Å². The number of carboxylic acids is 1. The molecule has 1 fully saturated rings. The minimum absolute atomic E-state index is 0.0937. The van der Waals surface area contributed by atoms with E-state index >= 15 is 0 Å². The van der Waals surface area contributed by atoms with Crippen LogP contribution in [0, 0.1) is 0 Å². The third-order valence-corrected chi connectivity index (χ3v) is 6.62. The van der Waals surface area contributed by atoms with E-state index in [1.807, 2.05) is 17.5 Å². The van der Waals surface area contributed by atoms with Gasteiger partial charge in [0.1, 0.15) is 17.7 Å². The number of carboxylic acid groups (broad SMARTS) is 1. The fourth-order valence-electron chi connectivity index (χ4n) is 3.22. The number of thioether (sulfide) groups is 1. The van der Waals surface area contributed by atoms with Crippen molar-refractivity contribution in [1.82, 2.24) is 10.2 Å². The van der Waals surface area contributed by atoms with Gasteiger partial charge in [-0.05, 0) is 18.4 Å². The molecule has 1 aromatic heterocycles. The molecule has 2 atom stereocenters. The topological polar surface area (TPSA) is 122 Å². The van der Waals surface area contributed by atoms with Crippen molar-refractivity contribution in [3.8, 4) is 0 Å². The summed E-state index contributed by atoms with van der Waals surface area (Å²) in [5.74, 6) is -2.68. The molecule has 2 N–H and O–H groups in total. The number of β-lactam (4-membered cyclic amide) rings is 1. The normalized spacial score (nSPS) is 23.3. The number of rotatable bonds is 8. The van der Waals surface area contributed by atoms with Crippen LogP contribution in [-0.2, 0) is 35.1 Å². The van der Waals surface area contributed by atoms with Crippen LogP contribution in [0.15, 0.2) is 28.8 Å². The van der Waals surface area contributed by atoms with Crippen molar-refractivity contribution in [3.63, 3.8) is 0 Å². The number of nitrogens with one attached hydrogen (secondary N) is 1. The molecule has 29 heavy (non-hydrogen) atoms. The van der Waals surface area contributed by atoms with Crippen molar-refractivity contribution in [2.24, 2.45) is 0 Å². The molecule has 0 radical (unpaired) electrons. The minimum atomic E-state index is -1.62. The smallest absolute Gasteiger partial charge is 0.352 e. The molecule has 0 saturated carbocycles. The summed E-state index contributed by atoms with van der Waals surface area (Å²) < 4.78 is 10.6. The van der Waals surface area contributed by atoms with Crippen LogP contribution in [0.2, 0.25) is 0 Å². The number of thiophene rings is 1. The molecule has 156 valence electrons. The van der Waals surface area contributed by atoms with Gasteiger partial charge in [0, 0.05) is 29.7 Å². The fourth-order valence-corrected chi connectivity index (χ4v) is 5.32. The van der Waals surface area contributed by atoms with Crippen LogP contribution in [0.3, 0.4) is 0 Å². The monoisotopic (exact) mass is 440 g/mol. The third-order valence-electron chi connectivity index (χ3n) is 4.37. The Labute approximate surface area is 175 Å². The van der Waals surface area contributed by atoms with Gasteiger partial charge in [0.05, 0.1) is 6.42 Å². The standard InChI is InChI=1S/C18H20N2O7S2/c1-3-27-18(19-13(22)7-12-5-4-6-28-12)16(25)20-14(15(23)24)11(8-26-10(2)21)9-29-17(18)20/h4-6,17H,3,7-9H2,1-2H3,(H,19,22)(H,23,24)/t17-,18+/m1/s1. The quantitative estimate of drug-likeness (QED) is 0.348. The number of aliphatic carboxylic acids is 1. The van der Waals surface area contributed by atoms with Gasteiger partial charge >= 0.3 is 11.9 Å². The van der Waals surface area contributed by atoms with E-state index in [4.69, 9.17) is 9.47 Å². The molecule has 1 saturated heterocycles. The molecule has 0 unspecified atom stereocenters. The zero-order chi connectivity index (χ0) is 21.2. The number of nitrogens with zero attached hydrogens (tertiary/aromatic N) is 1. The van der Waals surface area contributed by atoms with Crippen molar-refractivity contribution >= 4 is 46.9 Å². The number of carbonyl (C=O) groups excluding carboxylic acids is 3. The predicted octanol–water partition coefficient (Wildman–Crippen LogP) is 0.956. The Morgan fingerprint density at radius 2 is 2.17 bits per heavy atom. The highest BCUT2D eigenvalue weighted by Crippen LogP contribution is 2.46. The Morgan fingerprint density at radius 1 is 1.41 bits per heavy atom. The lowest BCUT2D eigenvalue weighted by atomic mass is 9.97. The third kappa shape index (κ3) is 4.02. The summed E-state index contributed by atoms with van der Waals surface area (Å²) in [6.07, 6.45) is 0.0937. The second-order valence-electron chi connectivity index (χ2n) is 6.35. The molecule has 3 rings (SSSR count). The fraction of sp³-hybridized carbons (Fsp3) is 0.444. The van der Waals surface area contributed by atoms with E-state index < -0.39 is 28.9 Å². The average molecular weight is 440 g/mol. The van der Waals surface area contributed by atoms with Crippen LogP contribution < -0.4 is 5.32 Å². The van der Waals surface area contributed by atoms with Gasteiger partial charge in [-0.1, -0.05) is 6.07 Å². The molecule has 2 aliphatic heterocycles. The number of fused-ring (bicyclic) bond motifs is 1. The van der Waals surface area contributed by atoms with E-state index in [2.05, 4.69) is 5.32 Å². The first-order valence-corrected chi connectivity index (χ1v) is 10.7. The highest BCUT2D eigenvalue weighted by Gasteiger charge is 2.66. The van der Waals surface area contributed by atoms with Crippen LogP contribution in [0.5, 0.6) is 0 Å². The number of hydrogen-bond acceptors (Lipinski definition) is 8. The molecule has 2 amide bonds. The summed E-state index contributed by atoms with van der Waals surface area (Å²) in [4.78, 5) is 50.4. The number of amides is 2. The summed E-state index contributed by atoms with van der Waals surface area (Å²) >= 11 is 2.67. The zero-order valence-corrected chi connectivity index (χ0v) is 17.4. The summed E-state index contributed by atoms with van der Waals surface area (Å²) in [5.41, 5.74) is -1.54. The van der Waals surface area contributed by atoms with Crippen LogP contribution in [0.25, 0.3) is 0 Å². The number of carbonyl (C=O) groups is 4. The molecule has 11 heteroatoms. The lowest BCUT2D eigenvalue weighted by Crippen LogP contribution is -2.81. The van der Waals surface area contributed by atoms with Gasteiger partial charge < -0.3 is 19.9 Å². The SMILES string of the molecule is CCO[C@@]1(NC(=O)Cc2cccs2)C(=O)N2C(C(=O)O)=C(COC(C)=O)CS[C@@H]21. The largest absolute Gasteiger partial charge is 0.477 e. The summed E-state index contributed by atoms with van der Waals surface area (Å²) in [6, 6.07) is 3.64. The van der Waals surface area contributed by atoms with Gasteiger partial charge in [-0.2, -0.15) is 0 Å². The number of esters is 1. The first-order chi connectivity index (χ1) is 13.8. The van der Waals surface area contributed by atoms with Gasteiger partial charge in [-0.3, -0.25) is 19.3 Å². The van der Waals surface area contributed by atoms with E-state index in [0.29, 0.717) is 5.57 Å². The van der Waals surface area contributed by atoms with E-state index in [9.17, 15) is 24.3 Å². The van der Waals surface area contributed by atoms with Crippen molar-refractivity contribution in [1.29, 1.82) is 0 Å². The lowest BCUT2D eigenvalue weighted by Gasteiger charge is -2.56. The number of ether oxygens (including phenoxy) is 2. The second kappa shape index (κ2) is 8.56. The van der Waals surface area contributed by atoms with Crippen LogP contribution >= 0.6 is 23.1 Å². The van der Waals surface area contributed by atoms with Gasteiger partial charge in [0.15, 0.2) is 0 Å². The van der Waals surface area contributed by atoms with E-state index in [1.165, 1.54) is 30.0 Å². The summed E-state index contributed by atoms with van der Waals surface area (Å²) in [7, 11) is 0. The Hall–Kier alpha value is -2.37. The Morgan fingerprint density at radius 3 is 2.76 bits per heavy atom. The molecular formula is C18H20N2O7S2. The maximum atomic E-state index is 13.0. The molecule has 0 bridgehead atoms. The van der Waals surface area contributed by atoms with Gasteiger partial charge in [0.25, 0.3) is 11.6 Å². The molecule has 3 heterocycles. The molecule has 9 nitrogen and oxygen atoms in total. The van der Waals surface area contributed by atoms with Crippen LogP contribution in [0.1, 0.15) is 18.7 Å². The predicted molar refractivity (Wildman–Crippen MR) is 105 cm³/mol. The van der Waals surface area contributed by atoms with E-state index in [1.54, 1.807) is 6.92 Å². The summed E-state index contributed by atoms with van der Waals surface area (Å²) in [6.45, 7) is 2.85. The van der Waals surface area contributed by atoms with Crippen molar-refractivity contribution in [2.75, 3.05) is 19.0 Å². The van der Waals surface area contributed by atoms with Gasteiger partial charge in [-0.15, -0.1) is 23.1 Å². The molecule has 0 aromatic carbocycles. The second-order valence-corrected chi connectivity index (χ2v) is 8.45. The maximum Gasteiger partial charge on any atom is 0.352 e. The Bertz CT molecular complexity index is 868. The molecule has 0 aliphatic carbocycles. The highest BCUT2D eigenvalue weighted by atomic mass is 32.2. The van der Waals surface area contributed by atoms with Crippen LogP contribution in [0.4, 0.5) is 0 Å². The van der Waals surface area contributed by atoms with E-state index in [0.717, 1.165) is 9.78 Å². The first-order valence-electron chi connectivity index (χ1n) is 8.81. The minimum Gasteiger partial charge on any atom is -0.477 e. The molecular weight excluding hydrogens is 420 g/mol. The first kappa shape index (κ1) is 21.3. The Kier molecular flexibility index (Phi) is 6.30. The Balaban J connectivity index is 1.84. The van der Waals surface area contributed by atoms with Crippen LogP contribution in [-0.4, -0.2) is 63.8 Å². The molecule has 1 aromatic rings. The van der Waals surface area contributed by atoms with Gasteiger partial charge in [0.2, 0.25) is 5.91 Å². The maximum absolute atomic E-state index is 13.0. The highest BCUT2D eigenvalue weighted by molar-refractivity contribution is 8.00. The van der Waals surface area contributed by atoms with Crippen molar-refractivity contribution < 1.29 is 33.8 Å². The summed E-state index contributed by atoms with van der Waals surface area (Å²) in [5, 5.41) is 13.4.